The number of pyridine rings is 1. The Labute approximate surface area is 108 Å². The molecule has 0 spiro atoms. The maximum absolute atomic E-state index is 12.2. The van der Waals surface area contributed by atoms with Crippen LogP contribution in [0.1, 0.15) is 33.1 Å². The van der Waals surface area contributed by atoms with Crippen molar-refractivity contribution >= 4 is 15.7 Å². The fourth-order valence-electron chi connectivity index (χ4n) is 1.68. The molecule has 0 aliphatic heterocycles. The summed E-state index contributed by atoms with van der Waals surface area (Å²) in [5.41, 5.74) is 2.63. The Morgan fingerprint density at radius 1 is 1.44 bits per heavy atom. The molecule has 0 aliphatic carbocycles. The Bertz CT molecular complexity index is 476. The molecule has 0 aliphatic rings. The highest BCUT2D eigenvalue weighted by molar-refractivity contribution is 7.89. The molecule has 0 radical (unpaired) electrons. The lowest BCUT2D eigenvalue weighted by Crippen LogP contribution is -2.35. The van der Waals surface area contributed by atoms with Crippen molar-refractivity contribution in [1.29, 1.82) is 0 Å². The van der Waals surface area contributed by atoms with Gasteiger partial charge in [-0.25, -0.2) is 18.1 Å². The van der Waals surface area contributed by atoms with E-state index in [2.05, 4.69) is 15.1 Å². The molecule has 7 heteroatoms. The Morgan fingerprint density at radius 3 is 2.72 bits per heavy atom. The average molecular weight is 272 g/mol. The monoisotopic (exact) mass is 272 g/mol. The zero-order valence-electron chi connectivity index (χ0n) is 10.7. The summed E-state index contributed by atoms with van der Waals surface area (Å²) in [6.45, 7) is 3.97. The van der Waals surface area contributed by atoms with E-state index >= 15 is 0 Å². The van der Waals surface area contributed by atoms with Crippen molar-refractivity contribution in [3.05, 3.63) is 18.3 Å². The minimum Gasteiger partial charge on any atom is -0.321 e. The molecule has 1 aromatic heterocycles. The summed E-state index contributed by atoms with van der Waals surface area (Å²) >= 11 is 0. The topological polar surface area (TPSA) is 97.1 Å². The number of nitrogen functional groups attached to an aromatic ring is 1. The van der Waals surface area contributed by atoms with Gasteiger partial charge in [-0.15, -0.1) is 0 Å². The Morgan fingerprint density at radius 2 is 2.17 bits per heavy atom. The van der Waals surface area contributed by atoms with Crippen LogP contribution in [0.25, 0.3) is 0 Å². The molecule has 0 fully saturated rings. The van der Waals surface area contributed by atoms with Crippen molar-refractivity contribution < 1.29 is 8.42 Å². The van der Waals surface area contributed by atoms with Crippen LogP contribution in [0, 0.1) is 0 Å². The molecule has 0 saturated heterocycles. The minimum atomic E-state index is -3.64. The van der Waals surface area contributed by atoms with Crippen LogP contribution in [0.2, 0.25) is 0 Å². The molecular formula is C11H20N4O2S. The van der Waals surface area contributed by atoms with Gasteiger partial charge in [0, 0.05) is 12.2 Å². The van der Waals surface area contributed by atoms with Gasteiger partial charge in [0.15, 0.2) is 5.03 Å². The Kier molecular flexibility index (Phi) is 5.52. The Balaban J connectivity index is 2.98. The maximum atomic E-state index is 12.2. The van der Waals surface area contributed by atoms with Crippen LogP contribution in [0.15, 0.2) is 23.4 Å². The molecular weight excluding hydrogens is 252 g/mol. The fraction of sp³-hybridized carbons (Fsp3) is 0.545. The number of aromatic nitrogens is 1. The first kappa shape index (κ1) is 14.9. The summed E-state index contributed by atoms with van der Waals surface area (Å²) in [5.74, 6) is 5.29. The Hall–Kier alpha value is -1.18. The zero-order chi connectivity index (χ0) is 13.6. The van der Waals surface area contributed by atoms with Crippen LogP contribution >= 0.6 is 0 Å². The third-order valence-corrected chi connectivity index (χ3v) is 4.11. The summed E-state index contributed by atoms with van der Waals surface area (Å²) in [5, 5.41) is -0.0675. The normalized spacial score (nSPS) is 13.3. The van der Waals surface area contributed by atoms with E-state index in [4.69, 9.17) is 5.84 Å². The van der Waals surface area contributed by atoms with Gasteiger partial charge in [-0.3, -0.25) is 5.84 Å². The van der Waals surface area contributed by atoms with E-state index < -0.39 is 10.0 Å². The van der Waals surface area contributed by atoms with Crippen LogP contribution in [-0.2, 0) is 10.0 Å². The van der Waals surface area contributed by atoms with Crippen molar-refractivity contribution in [2.75, 3.05) is 5.43 Å². The van der Waals surface area contributed by atoms with Crippen LogP contribution in [0.5, 0.6) is 0 Å². The summed E-state index contributed by atoms with van der Waals surface area (Å²) in [7, 11) is -3.64. The van der Waals surface area contributed by atoms with Gasteiger partial charge in [0.1, 0.15) is 0 Å². The lowest BCUT2D eigenvalue weighted by atomic mass is 10.1. The lowest BCUT2D eigenvalue weighted by Gasteiger charge is -2.16. The van der Waals surface area contributed by atoms with Crippen LogP contribution in [-0.4, -0.2) is 19.4 Å². The van der Waals surface area contributed by atoms with Gasteiger partial charge in [-0.05, 0) is 25.0 Å². The quantitative estimate of drug-likeness (QED) is 0.512. The predicted octanol–water partition coefficient (Wildman–Crippen LogP) is 1.22. The maximum Gasteiger partial charge on any atom is 0.260 e. The van der Waals surface area contributed by atoms with E-state index in [1.165, 1.54) is 6.20 Å². The first-order chi connectivity index (χ1) is 8.55. The van der Waals surface area contributed by atoms with Gasteiger partial charge in [0.05, 0.1) is 5.69 Å². The van der Waals surface area contributed by atoms with Crippen molar-refractivity contribution in [2.45, 2.75) is 44.2 Å². The smallest absolute Gasteiger partial charge is 0.260 e. The van der Waals surface area contributed by atoms with Gasteiger partial charge in [0.25, 0.3) is 10.0 Å². The third-order valence-electron chi connectivity index (χ3n) is 2.63. The number of rotatable bonds is 7. The van der Waals surface area contributed by atoms with Gasteiger partial charge >= 0.3 is 0 Å². The highest BCUT2D eigenvalue weighted by Crippen LogP contribution is 2.17. The fourth-order valence-corrected chi connectivity index (χ4v) is 3.14. The second-order valence-corrected chi connectivity index (χ2v) is 5.64. The summed E-state index contributed by atoms with van der Waals surface area (Å²) < 4.78 is 27.0. The van der Waals surface area contributed by atoms with Gasteiger partial charge in [-0.2, -0.15) is 0 Å². The standard InChI is InChI=1S/C11H20N4O2S/c1-3-6-9(4-2)15-18(16,17)11-10(14-12)7-5-8-13-11/h5,7-9,14-15H,3-4,6,12H2,1-2H3. The van der Waals surface area contributed by atoms with Crippen LogP contribution in [0.4, 0.5) is 5.69 Å². The second kappa shape index (κ2) is 6.67. The van der Waals surface area contributed by atoms with Crippen molar-refractivity contribution in [2.24, 2.45) is 5.84 Å². The average Bonchev–Trinajstić information content (AvgIpc) is 2.38. The van der Waals surface area contributed by atoms with Gasteiger partial charge in [-0.1, -0.05) is 20.3 Å². The van der Waals surface area contributed by atoms with Gasteiger partial charge in [0.2, 0.25) is 0 Å². The molecule has 1 rings (SSSR count). The molecule has 18 heavy (non-hydrogen) atoms. The SMILES string of the molecule is CCCC(CC)NS(=O)(=O)c1ncccc1NN. The summed E-state index contributed by atoms with van der Waals surface area (Å²) in [4.78, 5) is 3.88. The summed E-state index contributed by atoms with van der Waals surface area (Å²) in [6, 6.07) is 3.12. The number of nitrogens with two attached hydrogens (primary N) is 1. The molecule has 0 saturated carbocycles. The predicted molar refractivity (Wildman–Crippen MR) is 71.4 cm³/mol. The number of sulfonamides is 1. The molecule has 0 bridgehead atoms. The third kappa shape index (κ3) is 3.66. The van der Waals surface area contributed by atoms with E-state index in [9.17, 15) is 8.42 Å². The number of anilines is 1. The molecule has 0 aromatic carbocycles. The van der Waals surface area contributed by atoms with Crippen molar-refractivity contribution in [1.82, 2.24) is 9.71 Å². The largest absolute Gasteiger partial charge is 0.321 e. The first-order valence-corrected chi connectivity index (χ1v) is 7.47. The molecule has 1 unspecified atom stereocenters. The van der Waals surface area contributed by atoms with E-state index in [1.54, 1.807) is 12.1 Å². The van der Waals surface area contributed by atoms with Gasteiger partial charge < -0.3 is 5.43 Å². The van der Waals surface area contributed by atoms with E-state index in [0.717, 1.165) is 19.3 Å². The highest BCUT2D eigenvalue weighted by Gasteiger charge is 2.22. The van der Waals surface area contributed by atoms with E-state index in [0.29, 0.717) is 0 Å². The number of hydrogen-bond acceptors (Lipinski definition) is 5. The molecule has 1 aromatic rings. The summed E-state index contributed by atoms with van der Waals surface area (Å²) in [6.07, 6.45) is 3.89. The number of hydrogen-bond donors (Lipinski definition) is 3. The highest BCUT2D eigenvalue weighted by atomic mass is 32.2. The zero-order valence-corrected chi connectivity index (χ0v) is 11.5. The first-order valence-electron chi connectivity index (χ1n) is 5.99. The van der Waals surface area contributed by atoms with Crippen molar-refractivity contribution in [3.8, 4) is 0 Å². The molecule has 0 amide bonds. The number of nitrogens with zero attached hydrogens (tertiary/aromatic N) is 1. The van der Waals surface area contributed by atoms with Crippen molar-refractivity contribution in [3.63, 3.8) is 0 Å². The lowest BCUT2D eigenvalue weighted by molar-refractivity contribution is 0.510. The number of hydrazine groups is 1. The number of nitrogens with one attached hydrogen (secondary N) is 2. The second-order valence-electron chi connectivity index (χ2n) is 4.02. The van der Waals surface area contributed by atoms with E-state index in [-0.39, 0.29) is 16.8 Å². The molecule has 102 valence electrons. The minimum absolute atomic E-state index is 0.0675. The van der Waals surface area contributed by atoms with E-state index in [1.807, 2.05) is 13.8 Å². The molecule has 1 atom stereocenters. The molecule has 6 nitrogen and oxygen atoms in total. The molecule has 1 heterocycles. The molecule has 4 N–H and O–H groups in total. The van der Waals surface area contributed by atoms with Crippen LogP contribution < -0.4 is 16.0 Å². The van der Waals surface area contributed by atoms with Crippen LogP contribution in [0.3, 0.4) is 0 Å².